The predicted molar refractivity (Wildman–Crippen MR) is 74.7 cm³/mol. The molecule has 0 aliphatic rings. The molecule has 1 heterocycles. The first kappa shape index (κ1) is 13.4. The third-order valence-corrected chi connectivity index (χ3v) is 2.87. The number of hydrogen-bond donors (Lipinski definition) is 2. The maximum atomic E-state index is 7.50. The summed E-state index contributed by atoms with van der Waals surface area (Å²) in [6.07, 6.45) is 3.67. The summed E-state index contributed by atoms with van der Waals surface area (Å²) in [7, 11) is 0. The molecule has 5 nitrogen and oxygen atoms in total. The van der Waals surface area contributed by atoms with Crippen molar-refractivity contribution in [2.24, 2.45) is 5.73 Å². The van der Waals surface area contributed by atoms with E-state index in [2.05, 4.69) is 5.10 Å². The van der Waals surface area contributed by atoms with Gasteiger partial charge >= 0.3 is 0 Å². The number of aromatic nitrogens is 2. The highest BCUT2D eigenvalue weighted by Crippen LogP contribution is 2.24. The Labute approximate surface area is 116 Å². The smallest absolute Gasteiger partial charge is 0.132 e. The number of amidine groups is 1. The number of hydrogen-bond acceptors (Lipinski definition) is 3. The van der Waals surface area contributed by atoms with Crippen LogP contribution in [0.1, 0.15) is 18.1 Å². The number of aryl methyl sites for hydroxylation is 1. The molecular weight excluding hydrogens is 264 g/mol. The summed E-state index contributed by atoms with van der Waals surface area (Å²) in [5.74, 6) is 0.458. The maximum absolute atomic E-state index is 7.50. The summed E-state index contributed by atoms with van der Waals surface area (Å²) in [5.41, 5.74) is 6.99. The van der Waals surface area contributed by atoms with Gasteiger partial charge in [-0.1, -0.05) is 11.6 Å². The van der Waals surface area contributed by atoms with Crippen molar-refractivity contribution in [1.82, 2.24) is 9.78 Å². The first-order valence-electron chi connectivity index (χ1n) is 5.88. The molecule has 1 aromatic carbocycles. The summed E-state index contributed by atoms with van der Waals surface area (Å²) in [5, 5.41) is 12.2. The highest BCUT2D eigenvalue weighted by Gasteiger charge is 2.08. The second kappa shape index (κ2) is 5.75. The lowest BCUT2D eigenvalue weighted by Crippen LogP contribution is -2.13. The van der Waals surface area contributed by atoms with E-state index in [4.69, 9.17) is 27.5 Å². The first-order chi connectivity index (χ1) is 9.10. The van der Waals surface area contributed by atoms with Crippen molar-refractivity contribution in [2.45, 2.75) is 20.1 Å². The molecular formula is C13H15ClN4O. The molecule has 2 rings (SSSR count). The van der Waals surface area contributed by atoms with Crippen molar-refractivity contribution in [1.29, 1.82) is 5.41 Å². The van der Waals surface area contributed by atoms with E-state index in [-0.39, 0.29) is 5.84 Å². The van der Waals surface area contributed by atoms with Gasteiger partial charge in [0.15, 0.2) is 0 Å². The molecule has 3 N–H and O–H groups in total. The molecule has 2 aromatic rings. The van der Waals surface area contributed by atoms with E-state index in [1.54, 1.807) is 24.4 Å². The standard InChI is InChI=1S/C13H15ClN4O/c1-2-18-7-9(6-17-18)8-19-12-5-10(14)3-4-11(12)13(15)16/h3-7H,2,8H2,1H3,(H3,15,16). The first-order valence-corrected chi connectivity index (χ1v) is 6.26. The summed E-state index contributed by atoms with van der Waals surface area (Å²) in [6.45, 7) is 3.19. The molecule has 0 fully saturated rings. The fourth-order valence-electron chi connectivity index (χ4n) is 1.65. The predicted octanol–water partition coefficient (Wildman–Crippen LogP) is 2.42. The van der Waals surface area contributed by atoms with E-state index in [1.165, 1.54) is 0 Å². The summed E-state index contributed by atoms with van der Waals surface area (Å²) < 4.78 is 7.49. The minimum absolute atomic E-state index is 0.0454. The molecule has 100 valence electrons. The van der Waals surface area contributed by atoms with Gasteiger partial charge in [0.05, 0.1) is 11.8 Å². The van der Waals surface area contributed by atoms with Gasteiger partial charge in [-0.2, -0.15) is 5.10 Å². The Morgan fingerprint density at radius 1 is 1.53 bits per heavy atom. The zero-order chi connectivity index (χ0) is 13.8. The van der Waals surface area contributed by atoms with E-state index >= 15 is 0 Å². The quantitative estimate of drug-likeness (QED) is 0.651. The lowest BCUT2D eigenvalue weighted by atomic mass is 10.2. The van der Waals surface area contributed by atoms with Gasteiger partial charge in [-0.25, -0.2) is 0 Å². The summed E-state index contributed by atoms with van der Waals surface area (Å²) in [4.78, 5) is 0. The van der Waals surface area contributed by atoms with Gasteiger partial charge in [-0.15, -0.1) is 0 Å². The van der Waals surface area contributed by atoms with Crippen molar-refractivity contribution in [3.8, 4) is 5.75 Å². The molecule has 0 amide bonds. The van der Waals surface area contributed by atoms with Crippen LogP contribution in [-0.4, -0.2) is 15.6 Å². The normalized spacial score (nSPS) is 10.4. The van der Waals surface area contributed by atoms with Crippen LogP contribution in [0.2, 0.25) is 5.02 Å². The summed E-state index contributed by atoms with van der Waals surface area (Å²) >= 11 is 5.92. The third-order valence-electron chi connectivity index (χ3n) is 2.64. The molecule has 0 unspecified atom stereocenters. The monoisotopic (exact) mass is 278 g/mol. The van der Waals surface area contributed by atoms with Crippen LogP contribution < -0.4 is 10.5 Å². The number of benzene rings is 1. The Morgan fingerprint density at radius 2 is 2.32 bits per heavy atom. The van der Waals surface area contributed by atoms with Gasteiger partial charge in [-0.3, -0.25) is 10.1 Å². The molecule has 0 saturated carbocycles. The molecule has 0 saturated heterocycles. The van der Waals surface area contributed by atoms with Gasteiger partial charge in [0.2, 0.25) is 0 Å². The second-order valence-corrected chi connectivity index (χ2v) is 4.48. The number of nitrogens with one attached hydrogen (secondary N) is 1. The molecule has 0 atom stereocenters. The van der Waals surface area contributed by atoms with E-state index < -0.39 is 0 Å². The van der Waals surface area contributed by atoms with Crippen LogP contribution in [0.25, 0.3) is 0 Å². The SMILES string of the molecule is CCn1cc(COc2cc(Cl)ccc2C(=N)N)cn1. The van der Waals surface area contributed by atoms with Crippen LogP contribution >= 0.6 is 11.6 Å². The number of halogens is 1. The Balaban J connectivity index is 2.14. The zero-order valence-electron chi connectivity index (χ0n) is 10.6. The second-order valence-electron chi connectivity index (χ2n) is 4.05. The third kappa shape index (κ3) is 3.26. The lowest BCUT2D eigenvalue weighted by molar-refractivity contribution is 0.305. The Morgan fingerprint density at radius 3 is 2.95 bits per heavy atom. The van der Waals surface area contributed by atoms with Crippen molar-refractivity contribution in [3.63, 3.8) is 0 Å². The minimum Gasteiger partial charge on any atom is -0.488 e. The Bertz CT molecular complexity index is 594. The van der Waals surface area contributed by atoms with Crippen LogP contribution in [0.3, 0.4) is 0 Å². The molecule has 6 heteroatoms. The highest BCUT2D eigenvalue weighted by molar-refractivity contribution is 6.30. The van der Waals surface area contributed by atoms with Crippen LogP contribution in [0.5, 0.6) is 5.75 Å². The van der Waals surface area contributed by atoms with Gasteiger partial charge in [0.25, 0.3) is 0 Å². The zero-order valence-corrected chi connectivity index (χ0v) is 11.3. The van der Waals surface area contributed by atoms with E-state index in [9.17, 15) is 0 Å². The lowest BCUT2D eigenvalue weighted by Gasteiger charge is -2.10. The largest absolute Gasteiger partial charge is 0.488 e. The van der Waals surface area contributed by atoms with Gasteiger partial charge in [0, 0.05) is 23.3 Å². The fraction of sp³-hybridized carbons (Fsp3) is 0.231. The molecule has 0 aliphatic carbocycles. The molecule has 0 spiro atoms. The molecule has 1 aromatic heterocycles. The van der Waals surface area contributed by atoms with E-state index in [1.807, 2.05) is 17.8 Å². The summed E-state index contributed by atoms with van der Waals surface area (Å²) in [6, 6.07) is 5.01. The molecule has 0 radical (unpaired) electrons. The Kier molecular flexibility index (Phi) is 4.06. The number of rotatable bonds is 5. The van der Waals surface area contributed by atoms with Crippen molar-refractivity contribution in [3.05, 3.63) is 46.7 Å². The van der Waals surface area contributed by atoms with Crippen molar-refractivity contribution >= 4 is 17.4 Å². The number of nitrogen functional groups attached to an aromatic ring is 1. The topological polar surface area (TPSA) is 76.9 Å². The van der Waals surface area contributed by atoms with E-state index in [0.29, 0.717) is 22.9 Å². The number of ether oxygens (including phenoxy) is 1. The maximum Gasteiger partial charge on any atom is 0.132 e. The van der Waals surface area contributed by atoms with E-state index in [0.717, 1.165) is 12.1 Å². The number of nitrogens with two attached hydrogens (primary N) is 1. The van der Waals surface area contributed by atoms with Gasteiger partial charge in [-0.05, 0) is 25.1 Å². The fourth-order valence-corrected chi connectivity index (χ4v) is 1.82. The van der Waals surface area contributed by atoms with Crippen LogP contribution in [0, 0.1) is 5.41 Å². The average molecular weight is 279 g/mol. The van der Waals surface area contributed by atoms with Crippen LogP contribution in [0.4, 0.5) is 0 Å². The molecule has 0 bridgehead atoms. The molecule has 0 aliphatic heterocycles. The van der Waals surface area contributed by atoms with Crippen molar-refractivity contribution < 1.29 is 4.74 Å². The van der Waals surface area contributed by atoms with Gasteiger partial charge in [0.1, 0.15) is 18.2 Å². The van der Waals surface area contributed by atoms with Gasteiger partial charge < -0.3 is 10.5 Å². The highest BCUT2D eigenvalue weighted by atomic mass is 35.5. The van der Waals surface area contributed by atoms with Crippen molar-refractivity contribution in [2.75, 3.05) is 0 Å². The van der Waals surface area contributed by atoms with Crippen LogP contribution in [-0.2, 0) is 13.2 Å². The minimum atomic E-state index is -0.0454. The number of nitrogens with zero attached hydrogens (tertiary/aromatic N) is 2. The Hall–Kier alpha value is -2.01. The molecule has 19 heavy (non-hydrogen) atoms. The average Bonchev–Trinajstić information content (AvgIpc) is 2.84. The van der Waals surface area contributed by atoms with Crippen LogP contribution in [0.15, 0.2) is 30.6 Å².